The number of anilines is 1. The molecule has 1 aromatic rings. The van der Waals surface area contributed by atoms with Gasteiger partial charge in [0, 0.05) is 18.7 Å². The van der Waals surface area contributed by atoms with E-state index in [0.717, 1.165) is 24.5 Å². The maximum Gasteiger partial charge on any atom is 0.308 e. The van der Waals surface area contributed by atoms with Crippen LogP contribution in [-0.4, -0.2) is 28.8 Å². The molecular formula is C11H16N2O3. The molecule has 16 heavy (non-hydrogen) atoms. The average molecular weight is 224 g/mol. The van der Waals surface area contributed by atoms with Gasteiger partial charge in [0.25, 0.3) is 0 Å². The second-order valence-electron chi connectivity index (χ2n) is 4.20. The molecule has 5 nitrogen and oxygen atoms in total. The monoisotopic (exact) mass is 224 g/mol. The van der Waals surface area contributed by atoms with Crippen LogP contribution in [0.4, 0.5) is 5.82 Å². The van der Waals surface area contributed by atoms with Gasteiger partial charge in [-0.25, -0.2) is 0 Å². The van der Waals surface area contributed by atoms with Crippen molar-refractivity contribution in [2.45, 2.75) is 32.7 Å². The van der Waals surface area contributed by atoms with E-state index in [1.54, 1.807) is 0 Å². The van der Waals surface area contributed by atoms with Gasteiger partial charge in [-0.15, -0.1) is 0 Å². The number of aryl methyl sites for hydroxylation is 1. The van der Waals surface area contributed by atoms with E-state index in [1.165, 1.54) is 0 Å². The number of hydrogen-bond donors (Lipinski definition) is 1. The van der Waals surface area contributed by atoms with Crippen molar-refractivity contribution in [3.63, 3.8) is 0 Å². The summed E-state index contributed by atoms with van der Waals surface area (Å²) in [5.41, 5.74) is 0. The summed E-state index contributed by atoms with van der Waals surface area (Å²) in [4.78, 5) is 13.1. The fourth-order valence-electron chi connectivity index (χ4n) is 2.42. The molecule has 5 heteroatoms. The summed E-state index contributed by atoms with van der Waals surface area (Å²) in [7, 11) is 0. The minimum Gasteiger partial charge on any atom is -0.481 e. The maximum absolute atomic E-state index is 11.1. The summed E-state index contributed by atoms with van der Waals surface area (Å²) >= 11 is 0. The summed E-state index contributed by atoms with van der Waals surface area (Å²) < 4.78 is 5.03. The van der Waals surface area contributed by atoms with Gasteiger partial charge in [0.2, 0.25) is 0 Å². The summed E-state index contributed by atoms with van der Waals surface area (Å²) in [6, 6.07) is 1.88. The molecule has 0 unspecified atom stereocenters. The molecule has 0 saturated carbocycles. The molecule has 1 N–H and O–H groups in total. The molecule has 0 amide bonds. The van der Waals surface area contributed by atoms with Crippen molar-refractivity contribution in [3.05, 3.63) is 11.8 Å². The van der Waals surface area contributed by atoms with Crippen LogP contribution in [0.1, 0.15) is 25.5 Å². The number of hydrogen-bond acceptors (Lipinski definition) is 4. The number of carbonyl (C=O) groups is 1. The van der Waals surface area contributed by atoms with Gasteiger partial charge < -0.3 is 14.5 Å². The Labute approximate surface area is 94.0 Å². The van der Waals surface area contributed by atoms with Crippen molar-refractivity contribution in [2.24, 2.45) is 5.92 Å². The first kappa shape index (κ1) is 11.0. The van der Waals surface area contributed by atoms with E-state index in [-0.39, 0.29) is 12.0 Å². The number of rotatable bonds is 3. The number of nitrogens with zero attached hydrogens (tertiary/aromatic N) is 2. The molecule has 1 aromatic heterocycles. The lowest BCUT2D eigenvalue weighted by atomic mass is 9.99. The lowest BCUT2D eigenvalue weighted by molar-refractivity contribution is -0.141. The summed E-state index contributed by atoms with van der Waals surface area (Å²) in [5.74, 6) is 0.508. The van der Waals surface area contributed by atoms with E-state index in [9.17, 15) is 4.79 Å². The zero-order chi connectivity index (χ0) is 11.7. The summed E-state index contributed by atoms with van der Waals surface area (Å²) in [5, 5.41) is 13.1. The van der Waals surface area contributed by atoms with E-state index >= 15 is 0 Å². The maximum atomic E-state index is 11.1. The molecule has 0 aromatic carbocycles. The zero-order valence-corrected chi connectivity index (χ0v) is 9.51. The molecule has 2 rings (SSSR count). The van der Waals surface area contributed by atoms with Crippen LogP contribution in [0.15, 0.2) is 10.6 Å². The lowest BCUT2D eigenvalue weighted by Gasteiger charge is -2.24. The first-order chi connectivity index (χ1) is 7.63. The fourth-order valence-corrected chi connectivity index (χ4v) is 2.42. The van der Waals surface area contributed by atoms with Crippen molar-refractivity contribution < 1.29 is 14.4 Å². The molecule has 2 heterocycles. The standard InChI is InChI=1S/C11H16N2O3/c1-3-9-8(11(14)15)4-5-13(9)10-6-7(2)16-12-10/h6,8-9H,3-5H2,1-2H3,(H,14,15)/t8-,9+/m0/s1. The van der Waals surface area contributed by atoms with E-state index in [2.05, 4.69) is 5.16 Å². The molecule has 2 atom stereocenters. The second-order valence-corrected chi connectivity index (χ2v) is 4.20. The molecule has 1 aliphatic rings. The van der Waals surface area contributed by atoms with Crippen molar-refractivity contribution in [3.8, 4) is 0 Å². The minimum absolute atomic E-state index is 0.0296. The normalized spacial score (nSPS) is 25.0. The highest BCUT2D eigenvalue weighted by atomic mass is 16.5. The molecule has 0 bridgehead atoms. The Kier molecular flexibility index (Phi) is 2.85. The molecule has 0 radical (unpaired) electrons. The zero-order valence-electron chi connectivity index (χ0n) is 9.51. The van der Waals surface area contributed by atoms with Gasteiger partial charge in [-0.1, -0.05) is 12.1 Å². The van der Waals surface area contributed by atoms with Gasteiger partial charge in [-0.3, -0.25) is 4.79 Å². The SMILES string of the molecule is CC[C@@H]1[C@@H](C(=O)O)CCN1c1cc(C)on1. The van der Waals surface area contributed by atoms with Gasteiger partial charge in [-0.2, -0.15) is 0 Å². The Hall–Kier alpha value is -1.52. The van der Waals surface area contributed by atoms with Crippen LogP contribution in [0.5, 0.6) is 0 Å². The highest BCUT2D eigenvalue weighted by Gasteiger charge is 2.38. The van der Waals surface area contributed by atoms with E-state index < -0.39 is 5.97 Å². The van der Waals surface area contributed by atoms with Crippen LogP contribution in [0, 0.1) is 12.8 Å². The second kappa shape index (κ2) is 4.15. The van der Waals surface area contributed by atoms with Gasteiger partial charge in [0.1, 0.15) is 5.76 Å². The average Bonchev–Trinajstić information content (AvgIpc) is 2.82. The Morgan fingerprint density at radius 1 is 1.75 bits per heavy atom. The number of aliphatic carboxylic acids is 1. The molecular weight excluding hydrogens is 208 g/mol. The molecule has 1 fully saturated rings. The van der Waals surface area contributed by atoms with Crippen LogP contribution in [0.2, 0.25) is 0 Å². The van der Waals surface area contributed by atoms with Gasteiger partial charge >= 0.3 is 5.97 Å². The van der Waals surface area contributed by atoms with Crippen LogP contribution in [0.3, 0.4) is 0 Å². The number of carboxylic acids is 1. The Bertz CT molecular complexity index is 388. The summed E-state index contributed by atoms with van der Waals surface area (Å²) in [6.45, 7) is 4.58. The van der Waals surface area contributed by atoms with E-state index in [1.807, 2.05) is 24.8 Å². The first-order valence-corrected chi connectivity index (χ1v) is 5.56. The van der Waals surface area contributed by atoms with Crippen LogP contribution in [0.25, 0.3) is 0 Å². The van der Waals surface area contributed by atoms with Crippen molar-refractivity contribution >= 4 is 11.8 Å². The third kappa shape index (κ3) is 1.77. The van der Waals surface area contributed by atoms with Crippen LogP contribution in [-0.2, 0) is 4.79 Å². The van der Waals surface area contributed by atoms with E-state index in [0.29, 0.717) is 6.42 Å². The largest absolute Gasteiger partial charge is 0.481 e. The predicted octanol–water partition coefficient (Wildman–Crippen LogP) is 1.67. The van der Waals surface area contributed by atoms with Gasteiger partial charge in [0.15, 0.2) is 5.82 Å². The fraction of sp³-hybridized carbons (Fsp3) is 0.636. The molecule has 1 aliphatic heterocycles. The molecule has 0 aliphatic carbocycles. The highest BCUT2D eigenvalue weighted by molar-refractivity contribution is 5.72. The Balaban J connectivity index is 2.20. The van der Waals surface area contributed by atoms with Crippen molar-refractivity contribution in [1.82, 2.24) is 5.16 Å². The highest BCUT2D eigenvalue weighted by Crippen LogP contribution is 2.31. The van der Waals surface area contributed by atoms with Gasteiger partial charge in [0.05, 0.1) is 5.92 Å². The number of aromatic nitrogens is 1. The topological polar surface area (TPSA) is 66.6 Å². The van der Waals surface area contributed by atoms with E-state index in [4.69, 9.17) is 9.63 Å². The molecule has 88 valence electrons. The smallest absolute Gasteiger partial charge is 0.308 e. The molecule has 1 saturated heterocycles. The lowest BCUT2D eigenvalue weighted by Crippen LogP contribution is -2.35. The van der Waals surface area contributed by atoms with Crippen LogP contribution < -0.4 is 4.90 Å². The summed E-state index contributed by atoms with van der Waals surface area (Å²) in [6.07, 6.45) is 1.49. The Morgan fingerprint density at radius 3 is 3.00 bits per heavy atom. The third-order valence-electron chi connectivity index (χ3n) is 3.19. The van der Waals surface area contributed by atoms with Crippen molar-refractivity contribution in [1.29, 1.82) is 0 Å². The van der Waals surface area contributed by atoms with Crippen molar-refractivity contribution in [2.75, 3.05) is 11.4 Å². The quantitative estimate of drug-likeness (QED) is 0.846. The van der Waals surface area contributed by atoms with Crippen LogP contribution >= 0.6 is 0 Å². The predicted molar refractivity (Wildman–Crippen MR) is 58.4 cm³/mol. The number of carboxylic acid groups (broad SMARTS) is 1. The minimum atomic E-state index is -0.713. The molecule has 0 spiro atoms. The first-order valence-electron chi connectivity index (χ1n) is 5.56. The van der Waals surface area contributed by atoms with Gasteiger partial charge in [-0.05, 0) is 19.8 Å². The Morgan fingerprint density at radius 2 is 2.50 bits per heavy atom. The third-order valence-corrected chi connectivity index (χ3v) is 3.19.